The molecule has 2 rings (SSSR count). The van der Waals surface area contributed by atoms with E-state index < -0.39 is 23.7 Å². The zero-order chi connectivity index (χ0) is 16.8. The Hall–Kier alpha value is -2.70. The molecule has 0 aliphatic rings. The number of hydrogen-bond acceptors (Lipinski definition) is 3. The minimum Gasteiger partial charge on any atom is -0.481 e. The fourth-order valence-electron chi connectivity index (χ4n) is 1.93. The molecule has 0 saturated carbocycles. The third kappa shape index (κ3) is 4.64. The monoisotopic (exact) mass is 321 g/mol. The van der Waals surface area contributed by atoms with E-state index in [0.717, 1.165) is 17.7 Å². The average Bonchev–Trinajstić information content (AvgIpc) is 2.55. The fourth-order valence-corrected chi connectivity index (χ4v) is 1.93. The first-order valence-electron chi connectivity index (χ1n) is 6.98. The zero-order valence-electron chi connectivity index (χ0n) is 12.8. The molecule has 0 spiro atoms. The van der Waals surface area contributed by atoms with Gasteiger partial charge >= 0.3 is 6.03 Å². The van der Waals surface area contributed by atoms with Crippen LogP contribution in [0.15, 0.2) is 36.5 Å². The lowest BCUT2D eigenvalue weighted by Gasteiger charge is -2.15. The summed E-state index contributed by atoms with van der Waals surface area (Å²) in [6.45, 7) is 1.97. The number of carbonyl (C=O) groups excluding carboxylic acids is 1. The maximum absolute atomic E-state index is 13.2. The first kappa shape index (κ1) is 16.7. The van der Waals surface area contributed by atoms with Crippen LogP contribution in [0.5, 0.6) is 5.88 Å². The average molecular weight is 321 g/mol. The lowest BCUT2D eigenvalue weighted by molar-refractivity contribution is 0.237. The maximum Gasteiger partial charge on any atom is 0.315 e. The molecular weight excluding hydrogens is 304 g/mol. The number of pyridine rings is 1. The molecule has 0 bridgehead atoms. The second-order valence-electron chi connectivity index (χ2n) is 4.93. The molecule has 0 aliphatic heterocycles. The van der Waals surface area contributed by atoms with Crippen molar-refractivity contribution < 1.29 is 18.3 Å². The van der Waals surface area contributed by atoms with Crippen LogP contribution >= 0.6 is 0 Å². The number of nitrogens with zero attached hydrogens (tertiary/aromatic N) is 1. The van der Waals surface area contributed by atoms with Gasteiger partial charge in [-0.3, -0.25) is 0 Å². The SMILES string of the molecule is COc1ccc(CNC(=O)NC(C)c2ccc(F)c(F)c2)cn1. The van der Waals surface area contributed by atoms with E-state index in [1.54, 1.807) is 25.3 Å². The molecule has 2 N–H and O–H groups in total. The maximum atomic E-state index is 13.2. The Morgan fingerprint density at radius 1 is 1.26 bits per heavy atom. The summed E-state index contributed by atoms with van der Waals surface area (Å²) in [6.07, 6.45) is 1.60. The van der Waals surface area contributed by atoms with Gasteiger partial charge in [-0.1, -0.05) is 12.1 Å². The van der Waals surface area contributed by atoms with E-state index in [1.165, 1.54) is 13.2 Å². The Labute approximate surface area is 132 Å². The summed E-state index contributed by atoms with van der Waals surface area (Å²) in [5, 5.41) is 5.32. The number of ether oxygens (including phenoxy) is 1. The van der Waals surface area contributed by atoms with Crippen LogP contribution in [0.25, 0.3) is 0 Å². The van der Waals surface area contributed by atoms with Crippen molar-refractivity contribution in [1.29, 1.82) is 0 Å². The van der Waals surface area contributed by atoms with Crippen LogP contribution in [-0.4, -0.2) is 18.1 Å². The lowest BCUT2D eigenvalue weighted by atomic mass is 10.1. The molecule has 7 heteroatoms. The number of amides is 2. The number of halogens is 2. The van der Waals surface area contributed by atoms with Crippen molar-refractivity contribution in [2.45, 2.75) is 19.5 Å². The van der Waals surface area contributed by atoms with Crippen molar-refractivity contribution in [3.8, 4) is 5.88 Å². The molecule has 2 aromatic rings. The number of rotatable bonds is 5. The fraction of sp³-hybridized carbons (Fsp3) is 0.250. The Morgan fingerprint density at radius 3 is 2.65 bits per heavy atom. The largest absolute Gasteiger partial charge is 0.481 e. The second-order valence-corrected chi connectivity index (χ2v) is 4.93. The molecule has 5 nitrogen and oxygen atoms in total. The highest BCUT2D eigenvalue weighted by Gasteiger charge is 2.11. The number of nitrogens with one attached hydrogen (secondary N) is 2. The Morgan fingerprint density at radius 2 is 2.04 bits per heavy atom. The van der Waals surface area contributed by atoms with Crippen molar-refractivity contribution in [1.82, 2.24) is 15.6 Å². The highest BCUT2D eigenvalue weighted by Crippen LogP contribution is 2.15. The summed E-state index contributed by atoms with van der Waals surface area (Å²) >= 11 is 0. The Kier molecular flexibility index (Phi) is 5.46. The van der Waals surface area contributed by atoms with Crippen LogP contribution in [0, 0.1) is 11.6 Å². The van der Waals surface area contributed by atoms with Gasteiger partial charge in [0.05, 0.1) is 13.2 Å². The molecule has 1 aromatic heterocycles. The topological polar surface area (TPSA) is 63.2 Å². The van der Waals surface area contributed by atoms with Crippen molar-refractivity contribution in [2.24, 2.45) is 0 Å². The quantitative estimate of drug-likeness (QED) is 0.890. The zero-order valence-corrected chi connectivity index (χ0v) is 12.8. The minimum absolute atomic E-state index is 0.285. The van der Waals surface area contributed by atoms with Gasteiger partial charge in [0.25, 0.3) is 0 Å². The molecule has 0 saturated heterocycles. The molecule has 1 atom stereocenters. The number of urea groups is 1. The van der Waals surface area contributed by atoms with Gasteiger partial charge in [-0.25, -0.2) is 18.6 Å². The van der Waals surface area contributed by atoms with Gasteiger partial charge in [0, 0.05) is 18.8 Å². The van der Waals surface area contributed by atoms with Gasteiger partial charge in [-0.15, -0.1) is 0 Å². The number of aromatic nitrogens is 1. The van der Waals surface area contributed by atoms with Crippen LogP contribution in [-0.2, 0) is 6.54 Å². The van der Waals surface area contributed by atoms with E-state index in [1.807, 2.05) is 0 Å². The number of carbonyl (C=O) groups is 1. The predicted octanol–water partition coefficient (Wildman–Crippen LogP) is 2.93. The normalized spacial score (nSPS) is 11.7. The Balaban J connectivity index is 1.86. The summed E-state index contributed by atoms with van der Waals surface area (Å²) in [6, 6.07) is 6.12. The molecule has 23 heavy (non-hydrogen) atoms. The molecule has 1 aromatic carbocycles. The van der Waals surface area contributed by atoms with Crippen molar-refractivity contribution in [2.75, 3.05) is 7.11 Å². The van der Waals surface area contributed by atoms with Crippen molar-refractivity contribution in [3.05, 3.63) is 59.3 Å². The van der Waals surface area contributed by atoms with Crippen LogP contribution < -0.4 is 15.4 Å². The number of benzene rings is 1. The summed E-state index contributed by atoms with van der Waals surface area (Å²) in [5.74, 6) is -1.37. The molecular formula is C16H17F2N3O2. The molecule has 0 radical (unpaired) electrons. The van der Waals surface area contributed by atoms with Crippen molar-refractivity contribution in [3.63, 3.8) is 0 Å². The Bertz CT molecular complexity index is 678. The number of methoxy groups -OCH3 is 1. The summed E-state index contributed by atoms with van der Waals surface area (Å²) in [5.41, 5.74) is 1.28. The highest BCUT2D eigenvalue weighted by atomic mass is 19.2. The molecule has 2 amide bonds. The second kappa shape index (κ2) is 7.53. The third-order valence-corrected chi connectivity index (χ3v) is 3.25. The number of hydrogen-bond donors (Lipinski definition) is 2. The van der Waals surface area contributed by atoms with Gasteiger partial charge < -0.3 is 15.4 Å². The van der Waals surface area contributed by atoms with Gasteiger partial charge in [0.1, 0.15) is 0 Å². The van der Waals surface area contributed by atoms with Gasteiger partial charge in [0.2, 0.25) is 5.88 Å². The highest BCUT2D eigenvalue weighted by molar-refractivity contribution is 5.74. The van der Waals surface area contributed by atoms with E-state index >= 15 is 0 Å². The van der Waals surface area contributed by atoms with E-state index in [2.05, 4.69) is 15.6 Å². The molecule has 1 heterocycles. The predicted molar refractivity (Wildman–Crippen MR) is 80.9 cm³/mol. The molecule has 0 aliphatic carbocycles. The van der Waals surface area contributed by atoms with Crippen molar-refractivity contribution >= 4 is 6.03 Å². The third-order valence-electron chi connectivity index (χ3n) is 3.25. The van der Waals surface area contributed by atoms with Crippen LogP contribution in [0.1, 0.15) is 24.1 Å². The first-order valence-corrected chi connectivity index (χ1v) is 6.98. The first-order chi connectivity index (χ1) is 11.0. The van der Waals surface area contributed by atoms with Crippen LogP contribution in [0.3, 0.4) is 0 Å². The molecule has 0 fully saturated rings. The van der Waals surface area contributed by atoms with E-state index in [0.29, 0.717) is 11.4 Å². The summed E-state index contributed by atoms with van der Waals surface area (Å²) < 4.78 is 31.0. The summed E-state index contributed by atoms with van der Waals surface area (Å²) in [4.78, 5) is 15.9. The molecule has 1 unspecified atom stereocenters. The molecule has 122 valence electrons. The van der Waals surface area contributed by atoms with Gasteiger partial charge in [-0.2, -0.15) is 0 Å². The minimum atomic E-state index is -0.944. The van der Waals surface area contributed by atoms with E-state index in [-0.39, 0.29) is 6.54 Å². The smallest absolute Gasteiger partial charge is 0.315 e. The standard InChI is InChI=1S/C16H17F2N3O2/c1-10(12-4-5-13(17)14(18)7-12)21-16(22)20-9-11-3-6-15(23-2)19-8-11/h3-8,10H,9H2,1-2H3,(H2,20,21,22). The van der Waals surface area contributed by atoms with E-state index in [4.69, 9.17) is 4.74 Å². The van der Waals surface area contributed by atoms with E-state index in [9.17, 15) is 13.6 Å². The van der Waals surface area contributed by atoms with Gasteiger partial charge in [-0.05, 0) is 30.2 Å². The van der Waals surface area contributed by atoms with Crippen LogP contribution in [0.4, 0.5) is 13.6 Å². The van der Waals surface area contributed by atoms with Crippen LogP contribution in [0.2, 0.25) is 0 Å². The lowest BCUT2D eigenvalue weighted by Crippen LogP contribution is -2.36. The van der Waals surface area contributed by atoms with Gasteiger partial charge in [0.15, 0.2) is 11.6 Å². The summed E-state index contributed by atoms with van der Waals surface area (Å²) in [7, 11) is 1.52.